The Morgan fingerprint density at radius 2 is 1.70 bits per heavy atom. The molecule has 1 atom stereocenters. The molecule has 0 radical (unpaired) electrons. The molecule has 27 heavy (non-hydrogen) atoms. The first-order valence-electron chi connectivity index (χ1n) is 9.93. The van der Waals surface area contributed by atoms with Gasteiger partial charge in [0.1, 0.15) is 0 Å². The van der Waals surface area contributed by atoms with E-state index < -0.39 is 16.8 Å². The van der Waals surface area contributed by atoms with Gasteiger partial charge < -0.3 is 10.1 Å². The number of hydrogen-bond acceptors (Lipinski definition) is 4. The largest absolute Gasteiger partial charge is 0.452 e. The van der Waals surface area contributed by atoms with Gasteiger partial charge >= 0.3 is 5.97 Å². The molecule has 0 saturated heterocycles. The fourth-order valence-electron chi connectivity index (χ4n) is 5.79. The minimum Gasteiger partial charge on any atom is -0.452 e. The van der Waals surface area contributed by atoms with Gasteiger partial charge in [-0.05, 0) is 68.4 Å². The van der Waals surface area contributed by atoms with Crippen molar-refractivity contribution in [3.63, 3.8) is 0 Å². The molecule has 6 heteroatoms. The van der Waals surface area contributed by atoms with Crippen LogP contribution in [0.1, 0.15) is 55.8 Å². The molecule has 4 aliphatic carbocycles. The van der Waals surface area contributed by atoms with Crippen LogP contribution < -0.4 is 5.32 Å². The van der Waals surface area contributed by atoms with Crippen LogP contribution in [0.2, 0.25) is 0 Å². The monoisotopic (exact) mass is 389 g/mol. The molecule has 4 saturated carbocycles. The molecule has 1 unspecified atom stereocenters. The molecule has 4 bridgehead atoms. The van der Waals surface area contributed by atoms with Crippen LogP contribution in [0.5, 0.6) is 0 Å². The zero-order chi connectivity index (χ0) is 19.0. The van der Waals surface area contributed by atoms with Gasteiger partial charge in [0, 0.05) is 11.3 Å². The summed E-state index contributed by atoms with van der Waals surface area (Å²) >= 11 is 0. The highest BCUT2D eigenvalue weighted by molar-refractivity contribution is 7.85. The summed E-state index contributed by atoms with van der Waals surface area (Å²) in [6, 6.07) is 6.73. The first kappa shape index (κ1) is 18.7. The van der Waals surface area contributed by atoms with Crippen molar-refractivity contribution in [2.45, 2.75) is 55.9 Å². The van der Waals surface area contributed by atoms with Gasteiger partial charge in [0.2, 0.25) is 0 Å². The molecule has 1 aromatic carbocycles. The maximum absolute atomic E-state index is 12.5. The van der Waals surface area contributed by atoms with Crippen LogP contribution in [-0.2, 0) is 20.3 Å². The highest BCUT2D eigenvalue weighted by Gasteiger charge is 2.51. The van der Waals surface area contributed by atoms with Crippen molar-refractivity contribution < 1.29 is 18.5 Å². The molecule has 0 aromatic heterocycles. The molecule has 4 aliphatic rings. The topological polar surface area (TPSA) is 72.5 Å². The summed E-state index contributed by atoms with van der Waals surface area (Å²) in [5.41, 5.74) is 0.195. The Hall–Kier alpha value is -1.69. The molecule has 5 rings (SSSR count). The molecular weight excluding hydrogens is 362 g/mol. The highest BCUT2D eigenvalue weighted by Crippen LogP contribution is 2.55. The highest BCUT2D eigenvalue weighted by atomic mass is 32.2. The standard InChI is InChI=1S/C21H27NO4S/c1-2-27(25)18-6-4-3-5-17(18)20(24)26-13-19(23)22-21-10-14-7-15(11-21)9-16(8-14)12-21/h3-6,14-16H,2,7-13H2,1H3,(H,22,23). The lowest BCUT2D eigenvalue weighted by molar-refractivity contribution is -0.130. The molecule has 4 fully saturated rings. The molecule has 0 heterocycles. The van der Waals surface area contributed by atoms with Crippen molar-refractivity contribution in [2.24, 2.45) is 17.8 Å². The zero-order valence-corrected chi connectivity index (χ0v) is 16.6. The summed E-state index contributed by atoms with van der Waals surface area (Å²) in [7, 11) is -1.25. The summed E-state index contributed by atoms with van der Waals surface area (Å²) in [5.74, 6) is 1.85. The number of carbonyl (C=O) groups is 2. The van der Waals surface area contributed by atoms with Crippen LogP contribution in [0.3, 0.4) is 0 Å². The van der Waals surface area contributed by atoms with E-state index in [4.69, 9.17) is 4.74 Å². The van der Waals surface area contributed by atoms with Crippen LogP contribution in [0.25, 0.3) is 0 Å². The van der Waals surface area contributed by atoms with Gasteiger partial charge in [-0.2, -0.15) is 0 Å². The van der Waals surface area contributed by atoms with Gasteiger partial charge in [0.15, 0.2) is 6.61 Å². The van der Waals surface area contributed by atoms with Crippen LogP contribution in [0.4, 0.5) is 0 Å². The van der Waals surface area contributed by atoms with Crippen molar-refractivity contribution in [3.8, 4) is 0 Å². The summed E-state index contributed by atoms with van der Waals surface area (Å²) in [5, 5.41) is 3.20. The summed E-state index contributed by atoms with van der Waals surface area (Å²) in [4.78, 5) is 25.4. The summed E-state index contributed by atoms with van der Waals surface area (Å²) in [6.07, 6.45) is 7.14. The first-order chi connectivity index (χ1) is 13.0. The Morgan fingerprint density at radius 3 is 2.30 bits per heavy atom. The summed E-state index contributed by atoms with van der Waals surface area (Å²) in [6.45, 7) is 1.52. The smallest absolute Gasteiger partial charge is 0.339 e. The Morgan fingerprint density at radius 1 is 1.11 bits per heavy atom. The maximum Gasteiger partial charge on any atom is 0.339 e. The molecule has 1 amide bonds. The van der Waals surface area contributed by atoms with E-state index in [1.165, 1.54) is 19.3 Å². The zero-order valence-electron chi connectivity index (χ0n) is 15.7. The quantitative estimate of drug-likeness (QED) is 0.759. The van der Waals surface area contributed by atoms with Gasteiger partial charge in [-0.25, -0.2) is 4.79 Å². The third-order valence-corrected chi connectivity index (χ3v) is 7.76. The number of ether oxygens (including phenoxy) is 1. The number of rotatable bonds is 6. The number of esters is 1. The van der Waals surface area contributed by atoms with Gasteiger partial charge in [0.05, 0.1) is 21.3 Å². The number of carbonyl (C=O) groups excluding carboxylic acids is 2. The van der Waals surface area contributed by atoms with Crippen molar-refractivity contribution in [3.05, 3.63) is 29.8 Å². The lowest BCUT2D eigenvalue weighted by atomic mass is 9.53. The molecule has 0 aliphatic heterocycles. The summed E-state index contributed by atoms with van der Waals surface area (Å²) < 4.78 is 17.4. The van der Waals surface area contributed by atoms with Crippen LogP contribution in [0, 0.1) is 17.8 Å². The fourth-order valence-corrected chi connectivity index (χ4v) is 6.73. The molecule has 1 N–H and O–H groups in total. The second kappa shape index (κ2) is 7.38. The Bertz CT molecular complexity index is 740. The molecule has 1 aromatic rings. The van der Waals surface area contributed by atoms with Crippen LogP contribution >= 0.6 is 0 Å². The van der Waals surface area contributed by atoms with E-state index in [-0.39, 0.29) is 23.6 Å². The van der Waals surface area contributed by atoms with E-state index in [9.17, 15) is 13.8 Å². The third kappa shape index (κ3) is 3.82. The fraction of sp³-hybridized carbons (Fsp3) is 0.619. The number of amides is 1. The minimum atomic E-state index is -1.25. The van der Waals surface area contributed by atoms with E-state index in [1.54, 1.807) is 31.2 Å². The molecular formula is C21H27NO4S. The van der Waals surface area contributed by atoms with Gasteiger partial charge in [-0.15, -0.1) is 0 Å². The Kier molecular flexibility index (Phi) is 5.10. The van der Waals surface area contributed by atoms with E-state index >= 15 is 0 Å². The second-order valence-corrected chi connectivity index (χ2v) is 10.2. The minimum absolute atomic E-state index is 0.0835. The first-order valence-corrected chi connectivity index (χ1v) is 11.3. The second-order valence-electron chi connectivity index (χ2n) is 8.45. The SMILES string of the molecule is CCS(=O)c1ccccc1C(=O)OCC(=O)NC12CC3CC(CC(C3)C1)C2. The van der Waals surface area contributed by atoms with E-state index in [2.05, 4.69) is 5.32 Å². The number of nitrogens with one attached hydrogen (secondary N) is 1. The predicted octanol–water partition coefficient (Wildman–Crippen LogP) is 3.06. The molecule has 0 spiro atoms. The predicted molar refractivity (Wildman–Crippen MR) is 103 cm³/mol. The number of benzene rings is 1. The van der Waals surface area contributed by atoms with Crippen molar-refractivity contribution in [1.29, 1.82) is 0 Å². The maximum atomic E-state index is 12.5. The molecule has 146 valence electrons. The lowest BCUT2D eigenvalue weighted by Crippen LogP contribution is -2.60. The van der Waals surface area contributed by atoms with E-state index in [0.29, 0.717) is 10.6 Å². The van der Waals surface area contributed by atoms with Gasteiger partial charge in [-0.3, -0.25) is 9.00 Å². The Balaban J connectivity index is 1.36. The van der Waals surface area contributed by atoms with Crippen LogP contribution in [-0.4, -0.2) is 34.0 Å². The van der Waals surface area contributed by atoms with E-state index in [0.717, 1.165) is 37.0 Å². The average molecular weight is 390 g/mol. The van der Waals surface area contributed by atoms with Crippen molar-refractivity contribution in [2.75, 3.05) is 12.4 Å². The molecule has 5 nitrogen and oxygen atoms in total. The van der Waals surface area contributed by atoms with Crippen LogP contribution in [0.15, 0.2) is 29.2 Å². The normalized spacial score (nSPS) is 32.1. The number of hydrogen-bond donors (Lipinski definition) is 1. The Labute approximate surface area is 162 Å². The van der Waals surface area contributed by atoms with E-state index in [1.807, 2.05) is 0 Å². The third-order valence-electron chi connectivity index (χ3n) is 6.39. The van der Waals surface area contributed by atoms with Crippen molar-refractivity contribution >= 4 is 22.7 Å². The van der Waals surface area contributed by atoms with Crippen molar-refractivity contribution in [1.82, 2.24) is 5.32 Å². The van der Waals surface area contributed by atoms with Gasteiger partial charge in [0.25, 0.3) is 5.91 Å². The van der Waals surface area contributed by atoms with Gasteiger partial charge in [-0.1, -0.05) is 19.1 Å². The average Bonchev–Trinajstić information content (AvgIpc) is 2.64. The lowest BCUT2D eigenvalue weighted by Gasteiger charge is -2.56.